The Morgan fingerprint density at radius 1 is 1.13 bits per heavy atom. The molecule has 1 saturated carbocycles. The lowest BCUT2D eigenvalue weighted by Crippen LogP contribution is -2.25. The second kappa shape index (κ2) is 9.03. The highest BCUT2D eigenvalue weighted by Crippen LogP contribution is 2.39. The molecule has 0 bridgehead atoms. The standard InChI is InChI=1S/C24H27N3O3/c1-3-13-30-22-12-9-17(14-23(22)29-2)16-25-24(28)21-15-20(18-10-11-18)26-27(21)19-7-5-4-6-8-19/h4-9,12,14-15,18H,3,10-11,13,16H2,1-2H3,(H,25,28). The normalized spacial score (nSPS) is 13.1. The Labute approximate surface area is 176 Å². The number of hydrogen-bond donors (Lipinski definition) is 1. The van der Waals surface area contributed by atoms with E-state index in [2.05, 4.69) is 12.2 Å². The molecule has 0 radical (unpaired) electrons. The summed E-state index contributed by atoms with van der Waals surface area (Å²) in [7, 11) is 1.62. The molecule has 1 aliphatic rings. The summed E-state index contributed by atoms with van der Waals surface area (Å²) in [4.78, 5) is 13.0. The van der Waals surface area contributed by atoms with Crippen molar-refractivity contribution in [2.24, 2.45) is 0 Å². The maximum Gasteiger partial charge on any atom is 0.270 e. The summed E-state index contributed by atoms with van der Waals surface area (Å²) in [6.07, 6.45) is 3.21. The van der Waals surface area contributed by atoms with Gasteiger partial charge in [-0.2, -0.15) is 5.10 Å². The zero-order valence-corrected chi connectivity index (χ0v) is 17.4. The van der Waals surface area contributed by atoms with Crippen molar-refractivity contribution in [2.75, 3.05) is 13.7 Å². The van der Waals surface area contributed by atoms with Crippen LogP contribution >= 0.6 is 0 Å². The van der Waals surface area contributed by atoms with Crippen LogP contribution in [0, 0.1) is 0 Å². The molecule has 2 aromatic carbocycles. The number of nitrogens with zero attached hydrogens (tertiary/aromatic N) is 2. The Morgan fingerprint density at radius 3 is 2.63 bits per heavy atom. The number of ether oxygens (including phenoxy) is 2. The second-order valence-electron chi connectivity index (χ2n) is 7.49. The fraction of sp³-hybridized carbons (Fsp3) is 0.333. The van der Waals surface area contributed by atoms with Gasteiger partial charge in [-0.3, -0.25) is 4.79 Å². The minimum atomic E-state index is -0.150. The molecule has 0 atom stereocenters. The van der Waals surface area contributed by atoms with Crippen molar-refractivity contribution in [1.29, 1.82) is 0 Å². The highest BCUT2D eigenvalue weighted by atomic mass is 16.5. The Morgan fingerprint density at radius 2 is 1.93 bits per heavy atom. The lowest BCUT2D eigenvalue weighted by Gasteiger charge is -2.12. The molecule has 1 heterocycles. The summed E-state index contributed by atoms with van der Waals surface area (Å²) < 4.78 is 12.9. The van der Waals surface area contributed by atoms with E-state index in [1.807, 2.05) is 54.6 Å². The molecule has 6 nitrogen and oxygen atoms in total. The van der Waals surface area contributed by atoms with Gasteiger partial charge < -0.3 is 14.8 Å². The number of benzene rings is 2. The molecule has 0 aliphatic heterocycles. The first-order valence-electron chi connectivity index (χ1n) is 10.4. The summed E-state index contributed by atoms with van der Waals surface area (Å²) >= 11 is 0. The van der Waals surface area contributed by atoms with Crippen molar-refractivity contribution in [1.82, 2.24) is 15.1 Å². The molecule has 30 heavy (non-hydrogen) atoms. The van der Waals surface area contributed by atoms with Gasteiger partial charge in [0.15, 0.2) is 11.5 Å². The van der Waals surface area contributed by atoms with Crippen LogP contribution in [0.15, 0.2) is 54.6 Å². The van der Waals surface area contributed by atoms with E-state index >= 15 is 0 Å². The van der Waals surface area contributed by atoms with Crippen molar-refractivity contribution in [3.05, 3.63) is 71.5 Å². The van der Waals surface area contributed by atoms with Crippen molar-refractivity contribution in [2.45, 2.75) is 38.6 Å². The van der Waals surface area contributed by atoms with Crippen LogP contribution in [0.25, 0.3) is 5.69 Å². The first-order chi connectivity index (χ1) is 14.7. The SMILES string of the molecule is CCCOc1ccc(CNC(=O)c2cc(C3CC3)nn2-c2ccccc2)cc1OC. The monoisotopic (exact) mass is 405 g/mol. The van der Waals surface area contributed by atoms with E-state index in [1.54, 1.807) is 11.8 Å². The van der Waals surface area contributed by atoms with Gasteiger partial charge in [0, 0.05) is 12.5 Å². The third kappa shape index (κ3) is 4.48. The van der Waals surface area contributed by atoms with Crippen molar-refractivity contribution < 1.29 is 14.3 Å². The molecule has 0 saturated heterocycles. The highest BCUT2D eigenvalue weighted by Gasteiger charge is 2.29. The lowest BCUT2D eigenvalue weighted by atomic mass is 10.2. The number of para-hydroxylation sites is 1. The van der Waals surface area contributed by atoms with Crippen molar-refractivity contribution in [3.63, 3.8) is 0 Å². The molecule has 1 fully saturated rings. The van der Waals surface area contributed by atoms with Crippen molar-refractivity contribution >= 4 is 5.91 Å². The third-order valence-electron chi connectivity index (χ3n) is 5.10. The predicted octanol–water partition coefficient (Wildman–Crippen LogP) is 4.48. The van der Waals surface area contributed by atoms with Crippen LogP contribution in [0.4, 0.5) is 0 Å². The number of hydrogen-bond acceptors (Lipinski definition) is 4. The van der Waals surface area contributed by atoms with Crippen LogP contribution in [0.2, 0.25) is 0 Å². The summed E-state index contributed by atoms with van der Waals surface area (Å²) in [6, 6.07) is 17.4. The van der Waals surface area contributed by atoms with E-state index in [0.29, 0.717) is 36.3 Å². The smallest absolute Gasteiger partial charge is 0.270 e. The molecule has 0 spiro atoms. The minimum Gasteiger partial charge on any atom is -0.493 e. The molecule has 4 rings (SSSR count). The molecule has 3 aromatic rings. The maximum absolute atomic E-state index is 13.0. The quantitative estimate of drug-likeness (QED) is 0.570. The highest BCUT2D eigenvalue weighted by molar-refractivity contribution is 5.93. The third-order valence-corrected chi connectivity index (χ3v) is 5.10. The first kappa shape index (κ1) is 20.0. The summed E-state index contributed by atoms with van der Waals surface area (Å²) in [5.74, 6) is 1.70. The number of carbonyl (C=O) groups is 1. The van der Waals surface area contributed by atoms with Gasteiger partial charge in [-0.05, 0) is 55.2 Å². The van der Waals surface area contributed by atoms with Crippen molar-refractivity contribution in [3.8, 4) is 17.2 Å². The average Bonchev–Trinajstić information content (AvgIpc) is 3.55. The van der Waals surface area contributed by atoms with Gasteiger partial charge in [0.25, 0.3) is 5.91 Å². The minimum absolute atomic E-state index is 0.150. The number of amides is 1. The molecule has 156 valence electrons. The topological polar surface area (TPSA) is 65.4 Å². The molecule has 6 heteroatoms. The molecule has 1 aliphatic carbocycles. The summed E-state index contributed by atoms with van der Waals surface area (Å²) in [5.41, 5.74) is 3.37. The fourth-order valence-corrected chi connectivity index (χ4v) is 3.33. The van der Waals surface area contributed by atoms with Crippen LogP contribution in [0.1, 0.15) is 53.8 Å². The zero-order chi connectivity index (χ0) is 20.9. The van der Waals surface area contributed by atoms with E-state index in [4.69, 9.17) is 14.6 Å². The second-order valence-corrected chi connectivity index (χ2v) is 7.49. The van der Waals surface area contributed by atoms with E-state index < -0.39 is 0 Å². The van der Waals surface area contributed by atoms with Gasteiger partial charge in [-0.25, -0.2) is 4.68 Å². The maximum atomic E-state index is 13.0. The van der Waals surface area contributed by atoms with Crippen LogP contribution in [-0.4, -0.2) is 29.4 Å². The van der Waals surface area contributed by atoms with Gasteiger partial charge in [0.05, 0.1) is 25.1 Å². The molecule has 1 N–H and O–H groups in total. The predicted molar refractivity (Wildman–Crippen MR) is 115 cm³/mol. The Bertz CT molecular complexity index is 1010. The first-order valence-corrected chi connectivity index (χ1v) is 10.4. The number of aromatic nitrogens is 2. The van der Waals surface area contributed by atoms with Gasteiger partial charge in [0.1, 0.15) is 5.69 Å². The van der Waals surface area contributed by atoms with E-state index in [-0.39, 0.29) is 5.91 Å². The molecule has 1 amide bonds. The summed E-state index contributed by atoms with van der Waals surface area (Å²) in [6.45, 7) is 3.09. The number of rotatable bonds is 9. The number of nitrogens with one attached hydrogen (secondary N) is 1. The fourth-order valence-electron chi connectivity index (χ4n) is 3.33. The van der Waals surface area contributed by atoms with Gasteiger partial charge in [-0.15, -0.1) is 0 Å². The van der Waals surface area contributed by atoms with Crippen LogP contribution in [0.5, 0.6) is 11.5 Å². The largest absolute Gasteiger partial charge is 0.493 e. The Balaban J connectivity index is 1.50. The average molecular weight is 405 g/mol. The summed E-state index contributed by atoms with van der Waals surface area (Å²) in [5, 5.41) is 7.72. The Hall–Kier alpha value is -3.28. The van der Waals surface area contributed by atoms with Crippen LogP contribution in [0.3, 0.4) is 0 Å². The van der Waals surface area contributed by atoms with Crippen LogP contribution < -0.4 is 14.8 Å². The molecular formula is C24H27N3O3. The van der Waals surface area contributed by atoms with Gasteiger partial charge in [-0.1, -0.05) is 31.2 Å². The van der Waals surface area contributed by atoms with E-state index in [9.17, 15) is 4.79 Å². The molecule has 0 unspecified atom stereocenters. The zero-order valence-electron chi connectivity index (χ0n) is 17.4. The lowest BCUT2D eigenvalue weighted by molar-refractivity contribution is 0.0943. The van der Waals surface area contributed by atoms with Gasteiger partial charge in [0.2, 0.25) is 0 Å². The number of methoxy groups -OCH3 is 1. The van der Waals surface area contributed by atoms with E-state index in [1.165, 1.54) is 0 Å². The van der Waals surface area contributed by atoms with Gasteiger partial charge >= 0.3 is 0 Å². The number of carbonyl (C=O) groups excluding carboxylic acids is 1. The Kier molecular flexibility index (Phi) is 6.02. The molecular weight excluding hydrogens is 378 g/mol. The van der Waals surface area contributed by atoms with E-state index in [0.717, 1.165) is 36.2 Å². The molecule has 1 aromatic heterocycles. The van der Waals surface area contributed by atoms with Crippen LogP contribution in [-0.2, 0) is 6.54 Å².